The average molecular weight is 154 g/mol. The van der Waals surface area contributed by atoms with Gasteiger partial charge in [0.1, 0.15) is 5.15 Å². The first kappa shape index (κ1) is 5.68. The fourth-order valence-corrected chi connectivity index (χ4v) is 0.915. The number of hydrogen-bond acceptors (Lipinski definition) is 2. The van der Waals surface area contributed by atoms with Gasteiger partial charge < -0.3 is 0 Å². The van der Waals surface area contributed by atoms with Crippen LogP contribution in [-0.2, 0) is 0 Å². The summed E-state index contributed by atoms with van der Waals surface area (Å²) in [4.78, 5) is 7.90. The van der Waals surface area contributed by atoms with Gasteiger partial charge in [-0.05, 0) is 6.07 Å². The Bertz CT molecular complexity index is 355. The van der Waals surface area contributed by atoms with Gasteiger partial charge in [0, 0.05) is 18.6 Å². The molecule has 0 aliphatic heterocycles. The molecule has 2 aromatic rings. The Labute approximate surface area is 62.3 Å². The van der Waals surface area contributed by atoms with E-state index in [0.717, 1.165) is 0 Å². The van der Waals surface area contributed by atoms with Crippen LogP contribution in [0.2, 0.25) is 5.15 Å². The highest BCUT2D eigenvalue weighted by molar-refractivity contribution is 6.29. The molecule has 0 aliphatic carbocycles. The molecule has 4 heteroatoms. The molecule has 2 rings (SSSR count). The van der Waals surface area contributed by atoms with Crippen molar-refractivity contribution in [2.45, 2.75) is 0 Å². The molecular weight excluding hydrogens is 150 g/mol. The van der Waals surface area contributed by atoms with Gasteiger partial charge in [-0.3, -0.25) is 4.40 Å². The molecule has 0 aliphatic rings. The van der Waals surface area contributed by atoms with Crippen molar-refractivity contribution in [2.75, 3.05) is 0 Å². The zero-order valence-corrected chi connectivity index (χ0v) is 5.78. The van der Waals surface area contributed by atoms with E-state index in [1.807, 2.05) is 12.4 Å². The van der Waals surface area contributed by atoms with Crippen molar-refractivity contribution >= 4 is 17.4 Å². The van der Waals surface area contributed by atoms with Crippen LogP contribution in [0.25, 0.3) is 5.78 Å². The molecule has 2 heterocycles. The molecule has 0 aromatic carbocycles. The van der Waals surface area contributed by atoms with Crippen LogP contribution in [0.1, 0.15) is 0 Å². The van der Waals surface area contributed by atoms with Gasteiger partial charge in [0.05, 0.1) is 0 Å². The van der Waals surface area contributed by atoms with Crippen molar-refractivity contribution in [1.29, 1.82) is 0 Å². The molecule has 0 atom stereocenters. The number of halogens is 1. The molecule has 0 N–H and O–H groups in total. The minimum absolute atomic E-state index is 0.471. The van der Waals surface area contributed by atoms with E-state index in [0.29, 0.717) is 10.9 Å². The van der Waals surface area contributed by atoms with Crippen LogP contribution in [0.3, 0.4) is 0 Å². The predicted octanol–water partition coefficient (Wildman–Crippen LogP) is 1.38. The molecule has 10 heavy (non-hydrogen) atoms. The minimum atomic E-state index is 0.471. The zero-order valence-electron chi connectivity index (χ0n) is 5.03. The summed E-state index contributed by atoms with van der Waals surface area (Å²) in [5, 5.41) is 0.471. The Balaban J connectivity index is 2.86. The van der Waals surface area contributed by atoms with Crippen LogP contribution in [0.5, 0.6) is 0 Å². The predicted molar refractivity (Wildman–Crippen MR) is 38.0 cm³/mol. The summed E-state index contributed by atoms with van der Waals surface area (Å²) in [6.45, 7) is 0. The smallest absolute Gasteiger partial charge is 0.235 e. The molecule has 0 radical (unpaired) electrons. The quantitative estimate of drug-likeness (QED) is 0.536. The first-order chi connectivity index (χ1) is 4.86. The Hall–Kier alpha value is -1.09. The lowest BCUT2D eigenvalue weighted by molar-refractivity contribution is 1.11. The molecular formula is C6H4ClN3. The number of nitrogens with zero attached hydrogens (tertiary/aromatic N) is 3. The van der Waals surface area contributed by atoms with Crippen LogP contribution in [-0.4, -0.2) is 14.4 Å². The first-order valence-electron chi connectivity index (χ1n) is 2.81. The molecule has 0 saturated heterocycles. The summed E-state index contributed by atoms with van der Waals surface area (Å²) in [5.41, 5.74) is 0. The van der Waals surface area contributed by atoms with E-state index in [-0.39, 0.29) is 0 Å². The van der Waals surface area contributed by atoms with E-state index in [4.69, 9.17) is 11.6 Å². The second kappa shape index (κ2) is 1.95. The summed E-state index contributed by atoms with van der Waals surface area (Å²) < 4.78 is 1.80. The number of hydrogen-bond donors (Lipinski definition) is 0. The maximum absolute atomic E-state index is 5.61. The maximum atomic E-state index is 5.61. The molecule has 0 unspecified atom stereocenters. The van der Waals surface area contributed by atoms with Gasteiger partial charge in [-0.2, -0.15) is 0 Å². The zero-order chi connectivity index (χ0) is 6.97. The van der Waals surface area contributed by atoms with Crippen molar-refractivity contribution in [3.8, 4) is 0 Å². The molecule has 2 aromatic heterocycles. The first-order valence-corrected chi connectivity index (χ1v) is 3.19. The lowest BCUT2D eigenvalue weighted by Crippen LogP contribution is -1.85. The lowest BCUT2D eigenvalue weighted by atomic mass is 10.7. The third kappa shape index (κ3) is 0.752. The molecule has 0 fully saturated rings. The van der Waals surface area contributed by atoms with E-state index in [1.54, 1.807) is 16.7 Å². The third-order valence-corrected chi connectivity index (χ3v) is 1.44. The number of fused-ring (bicyclic) bond motifs is 1. The van der Waals surface area contributed by atoms with Gasteiger partial charge in [-0.15, -0.1) is 0 Å². The van der Waals surface area contributed by atoms with Crippen LogP contribution >= 0.6 is 11.6 Å². The summed E-state index contributed by atoms with van der Waals surface area (Å²) in [7, 11) is 0. The standard InChI is InChI=1S/C6H4ClN3/c7-5-1-3-10-4-2-8-6(10)9-5/h1-4H. The van der Waals surface area contributed by atoms with E-state index in [9.17, 15) is 0 Å². The normalized spacial score (nSPS) is 10.5. The summed E-state index contributed by atoms with van der Waals surface area (Å²) in [6.07, 6.45) is 5.31. The second-order valence-electron chi connectivity index (χ2n) is 1.88. The lowest BCUT2D eigenvalue weighted by Gasteiger charge is -1.89. The highest BCUT2D eigenvalue weighted by Gasteiger charge is 1.93. The van der Waals surface area contributed by atoms with Gasteiger partial charge >= 0.3 is 0 Å². The van der Waals surface area contributed by atoms with Crippen molar-refractivity contribution in [3.63, 3.8) is 0 Å². The van der Waals surface area contributed by atoms with E-state index >= 15 is 0 Å². The van der Waals surface area contributed by atoms with Crippen molar-refractivity contribution in [1.82, 2.24) is 14.4 Å². The topological polar surface area (TPSA) is 30.2 Å². The Morgan fingerprint density at radius 1 is 1.40 bits per heavy atom. The molecule has 50 valence electrons. The van der Waals surface area contributed by atoms with Gasteiger partial charge in [0.2, 0.25) is 5.78 Å². The molecule has 3 nitrogen and oxygen atoms in total. The van der Waals surface area contributed by atoms with Gasteiger partial charge in [0.15, 0.2) is 0 Å². The average Bonchev–Trinajstić information content (AvgIpc) is 2.33. The summed E-state index contributed by atoms with van der Waals surface area (Å²) in [5.74, 6) is 0.632. The van der Waals surface area contributed by atoms with Crippen LogP contribution in [0.4, 0.5) is 0 Å². The fourth-order valence-electron chi connectivity index (χ4n) is 0.783. The number of imidazole rings is 1. The largest absolute Gasteiger partial charge is 0.291 e. The summed E-state index contributed by atoms with van der Waals surface area (Å²) >= 11 is 5.61. The van der Waals surface area contributed by atoms with Gasteiger partial charge in [-0.25, -0.2) is 9.97 Å². The molecule has 0 saturated carbocycles. The second-order valence-corrected chi connectivity index (χ2v) is 2.27. The van der Waals surface area contributed by atoms with Gasteiger partial charge in [0.25, 0.3) is 0 Å². The van der Waals surface area contributed by atoms with Gasteiger partial charge in [-0.1, -0.05) is 11.6 Å². The van der Waals surface area contributed by atoms with Crippen molar-refractivity contribution < 1.29 is 0 Å². The molecule has 0 spiro atoms. The highest BCUT2D eigenvalue weighted by Crippen LogP contribution is 2.04. The van der Waals surface area contributed by atoms with E-state index in [2.05, 4.69) is 9.97 Å². The highest BCUT2D eigenvalue weighted by atomic mass is 35.5. The number of aromatic nitrogens is 3. The van der Waals surface area contributed by atoms with Crippen LogP contribution < -0.4 is 0 Å². The monoisotopic (exact) mass is 153 g/mol. The summed E-state index contributed by atoms with van der Waals surface area (Å²) in [6, 6.07) is 1.72. The maximum Gasteiger partial charge on any atom is 0.235 e. The van der Waals surface area contributed by atoms with E-state index in [1.165, 1.54) is 0 Å². The van der Waals surface area contributed by atoms with Crippen molar-refractivity contribution in [2.24, 2.45) is 0 Å². The Kier molecular flexibility index (Phi) is 1.11. The van der Waals surface area contributed by atoms with Crippen LogP contribution in [0.15, 0.2) is 24.7 Å². The van der Waals surface area contributed by atoms with Crippen LogP contribution in [0, 0.1) is 0 Å². The Morgan fingerprint density at radius 2 is 2.30 bits per heavy atom. The Morgan fingerprint density at radius 3 is 3.20 bits per heavy atom. The van der Waals surface area contributed by atoms with E-state index < -0.39 is 0 Å². The fraction of sp³-hybridized carbons (Fsp3) is 0. The third-order valence-electron chi connectivity index (χ3n) is 1.23. The molecule has 0 amide bonds. The number of rotatable bonds is 0. The molecule has 0 bridgehead atoms. The van der Waals surface area contributed by atoms with Crippen molar-refractivity contribution in [3.05, 3.63) is 29.8 Å². The SMILES string of the molecule is Clc1ccn2ccnc2n1. The minimum Gasteiger partial charge on any atom is -0.291 e.